The van der Waals surface area contributed by atoms with Crippen molar-refractivity contribution in [3.8, 4) is 17.1 Å². The molecule has 188 valence electrons. The molecule has 9 heteroatoms. The first-order chi connectivity index (χ1) is 18.1. The number of carbonyl (C=O) groups excluding carboxylic acids is 2. The third-order valence-electron chi connectivity index (χ3n) is 6.56. The molecule has 0 bridgehead atoms. The average molecular weight is 497 g/mol. The fourth-order valence-corrected chi connectivity index (χ4v) is 4.64. The second-order valence-electron chi connectivity index (χ2n) is 9.07. The number of aryl methyl sites for hydroxylation is 1. The Bertz CT molecular complexity index is 1380. The van der Waals surface area contributed by atoms with Crippen LogP contribution in [0.1, 0.15) is 52.2 Å². The minimum absolute atomic E-state index is 0.124. The molecule has 1 aliphatic carbocycles. The largest absolute Gasteiger partial charge is 0.497 e. The molecule has 0 aliphatic heterocycles. The average Bonchev–Trinajstić information content (AvgIpc) is 3.41. The first kappa shape index (κ1) is 24.2. The van der Waals surface area contributed by atoms with Gasteiger partial charge >= 0.3 is 0 Å². The van der Waals surface area contributed by atoms with Crippen LogP contribution in [0.4, 0.5) is 0 Å². The van der Waals surface area contributed by atoms with Crippen molar-refractivity contribution in [3.63, 3.8) is 0 Å². The molecule has 1 heterocycles. The van der Waals surface area contributed by atoms with Crippen molar-refractivity contribution in [2.45, 2.75) is 38.1 Å². The first-order valence-electron chi connectivity index (χ1n) is 12.3. The van der Waals surface area contributed by atoms with Gasteiger partial charge in [-0.05, 0) is 71.3 Å². The molecule has 4 aromatic rings. The Labute approximate surface area is 214 Å². The zero-order chi connectivity index (χ0) is 25.6. The molecule has 0 fully saturated rings. The van der Waals surface area contributed by atoms with Gasteiger partial charge in [0.25, 0.3) is 5.91 Å². The standard InChI is InChI=1S/C28H28N6O3/c1-37-24-14-15-25-22(16-24)8-5-9-23(25)17-26(35)29-31-28(36)21-12-10-19(11-13-21)18-34-32-27(30-33-34)20-6-3-2-4-7-20/h2-4,6-7,10-16,23H,5,8-9,17-18H2,1H3,(H,29,35)(H,31,36). The number of amides is 2. The van der Waals surface area contributed by atoms with E-state index in [1.807, 2.05) is 60.7 Å². The number of carbonyl (C=O) groups is 2. The highest BCUT2D eigenvalue weighted by Crippen LogP contribution is 2.35. The van der Waals surface area contributed by atoms with Crippen LogP contribution < -0.4 is 15.6 Å². The number of aromatic nitrogens is 4. The second-order valence-corrected chi connectivity index (χ2v) is 9.07. The van der Waals surface area contributed by atoms with Gasteiger partial charge in [-0.15, -0.1) is 10.2 Å². The number of hydrogen-bond acceptors (Lipinski definition) is 6. The predicted molar refractivity (Wildman–Crippen MR) is 138 cm³/mol. The normalized spacial score (nSPS) is 14.5. The van der Waals surface area contributed by atoms with Gasteiger partial charge in [0.05, 0.1) is 13.7 Å². The SMILES string of the molecule is COc1ccc2c(c1)CCCC2CC(=O)NNC(=O)c1ccc(Cn2nnc(-c3ccccc3)n2)cc1. The lowest BCUT2D eigenvalue weighted by Gasteiger charge is -2.25. The maximum Gasteiger partial charge on any atom is 0.269 e. The van der Waals surface area contributed by atoms with Crippen molar-refractivity contribution in [1.29, 1.82) is 0 Å². The Balaban J connectivity index is 1.13. The number of nitrogens with zero attached hydrogens (tertiary/aromatic N) is 4. The molecule has 0 saturated heterocycles. The van der Waals surface area contributed by atoms with E-state index in [0.717, 1.165) is 36.1 Å². The van der Waals surface area contributed by atoms with E-state index in [0.29, 0.717) is 24.4 Å². The van der Waals surface area contributed by atoms with E-state index in [2.05, 4.69) is 26.3 Å². The number of rotatable bonds is 7. The maximum atomic E-state index is 12.6. The maximum absolute atomic E-state index is 12.6. The summed E-state index contributed by atoms with van der Waals surface area (Å²) in [6, 6.07) is 22.7. The summed E-state index contributed by atoms with van der Waals surface area (Å²) in [6.07, 6.45) is 3.26. The van der Waals surface area contributed by atoms with E-state index < -0.39 is 0 Å². The molecule has 3 aromatic carbocycles. The Morgan fingerprint density at radius 1 is 1.03 bits per heavy atom. The van der Waals surface area contributed by atoms with Crippen LogP contribution in [-0.2, 0) is 17.8 Å². The molecule has 1 unspecified atom stereocenters. The highest BCUT2D eigenvalue weighted by Gasteiger charge is 2.23. The van der Waals surface area contributed by atoms with E-state index in [4.69, 9.17) is 4.74 Å². The van der Waals surface area contributed by atoms with E-state index in [1.165, 1.54) is 15.9 Å². The Kier molecular flexibility index (Phi) is 7.21. The van der Waals surface area contributed by atoms with Crippen molar-refractivity contribution in [2.24, 2.45) is 0 Å². The lowest BCUT2D eigenvalue weighted by molar-refractivity contribution is -0.122. The Morgan fingerprint density at radius 3 is 2.62 bits per heavy atom. The molecule has 37 heavy (non-hydrogen) atoms. The number of hydrogen-bond donors (Lipinski definition) is 2. The molecule has 2 amide bonds. The highest BCUT2D eigenvalue weighted by atomic mass is 16.5. The summed E-state index contributed by atoms with van der Waals surface area (Å²) in [5.74, 6) is 0.920. The second kappa shape index (κ2) is 11.0. The van der Waals surface area contributed by atoms with Crippen molar-refractivity contribution in [1.82, 2.24) is 31.1 Å². The monoisotopic (exact) mass is 496 g/mol. The van der Waals surface area contributed by atoms with Crippen LogP contribution in [0.25, 0.3) is 11.4 Å². The molecule has 1 aromatic heterocycles. The molecule has 0 radical (unpaired) electrons. The van der Waals surface area contributed by atoms with Crippen molar-refractivity contribution >= 4 is 11.8 Å². The third-order valence-corrected chi connectivity index (χ3v) is 6.56. The highest BCUT2D eigenvalue weighted by molar-refractivity contribution is 5.95. The molecular weight excluding hydrogens is 468 g/mol. The third kappa shape index (κ3) is 5.83. The number of fused-ring (bicyclic) bond motifs is 1. The number of benzene rings is 3. The van der Waals surface area contributed by atoms with Gasteiger partial charge in [0.2, 0.25) is 11.7 Å². The minimum Gasteiger partial charge on any atom is -0.497 e. The fraction of sp³-hybridized carbons (Fsp3) is 0.250. The molecule has 0 saturated carbocycles. The van der Waals surface area contributed by atoms with Gasteiger partial charge in [0, 0.05) is 17.5 Å². The van der Waals surface area contributed by atoms with E-state index in [-0.39, 0.29) is 17.7 Å². The van der Waals surface area contributed by atoms with Crippen molar-refractivity contribution in [3.05, 3.63) is 95.1 Å². The van der Waals surface area contributed by atoms with Crippen LogP contribution in [0.3, 0.4) is 0 Å². The van der Waals surface area contributed by atoms with Gasteiger partial charge in [0.15, 0.2) is 0 Å². The summed E-state index contributed by atoms with van der Waals surface area (Å²) < 4.78 is 5.32. The first-order valence-corrected chi connectivity index (χ1v) is 12.3. The summed E-state index contributed by atoms with van der Waals surface area (Å²) in [5, 5.41) is 12.6. The van der Waals surface area contributed by atoms with Gasteiger partial charge in [-0.1, -0.05) is 48.5 Å². The van der Waals surface area contributed by atoms with E-state index in [9.17, 15) is 9.59 Å². The molecule has 5 rings (SSSR count). The van der Waals surface area contributed by atoms with Crippen LogP contribution >= 0.6 is 0 Å². The van der Waals surface area contributed by atoms with Crippen LogP contribution in [0.5, 0.6) is 5.75 Å². The van der Waals surface area contributed by atoms with Gasteiger partial charge < -0.3 is 4.74 Å². The molecule has 0 spiro atoms. The molecule has 9 nitrogen and oxygen atoms in total. The smallest absolute Gasteiger partial charge is 0.269 e. The zero-order valence-corrected chi connectivity index (χ0v) is 20.6. The van der Waals surface area contributed by atoms with Crippen molar-refractivity contribution in [2.75, 3.05) is 7.11 Å². The fourth-order valence-electron chi connectivity index (χ4n) is 4.64. The lowest BCUT2D eigenvalue weighted by Crippen LogP contribution is -2.42. The number of hydrazine groups is 1. The minimum atomic E-state index is -0.376. The summed E-state index contributed by atoms with van der Waals surface area (Å²) in [4.78, 5) is 26.6. The summed E-state index contributed by atoms with van der Waals surface area (Å²) in [6.45, 7) is 0.424. The van der Waals surface area contributed by atoms with Crippen molar-refractivity contribution < 1.29 is 14.3 Å². The van der Waals surface area contributed by atoms with Crippen LogP contribution in [0.2, 0.25) is 0 Å². The summed E-state index contributed by atoms with van der Waals surface area (Å²) >= 11 is 0. The number of methoxy groups -OCH3 is 1. The zero-order valence-electron chi connectivity index (χ0n) is 20.6. The molecule has 1 atom stereocenters. The summed E-state index contributed by atoms with van der Waals surface area (Å²) in [5.41, 5.74) is 9.75. The Hall–Kier alpha value is -4.53. The van der Waals surface area contributed by atoms with Gasteiger partial charge in [-0.3, -0.25) is 20.4 Å². The topological polar surface area (TPSA) is 111 Å². The van der Waals surface area contributed by atoms with E-state index in [1.54, 1.807) is 19.2 Å². The molecule has 2 N–H and O–H groups in total. The number of tetrazole rings is 1. The van der Waals surface area contributed by atoms with Gasteiger partial charge in [-0.25, -0.2) is 0 Å². The molecule has 1 aliphatic rings. The predicted octanol–water partition coefficient (Wildman–Crippen LogP) is 3.67. The number of nitrogens with one attached hydrogen (secondary N) is 2. The van der Waals surface area contributed by atoms with Gasteiger partial charge in [-0.2, -0.15) is 4.80 Å². The molecular formula is C28H28N6O3. The van der Waals surface area contributed by atoms with Crippen LogP contribution in [-0.4, -0.2) is 39.1 Å². The lowest BCUT2D eigenvalue weighted by atomic mass is 9.81. The number of ether oxygens (including phenoxy) is 1. The van der Waals surface area contributed by atoms with Crippen LogP contribution in [0, 0.1) is 0 Å². The Morgan fingerprint density at radius 2 is 1.84 bits per heavy atom. The van der Waals surface area contributed by atoms with Gasteiger partial charge in [0.1, 0.15) is 5.75 Å². The van der Waals surface area contributed by atoms with E-state index >= 15 is 0 Å². The van der Waals surface area contributed by atoms with Crippen LogP contribution in [0.15, 0.2) is 72.8 Å². The summed E-state index contributed by atoms with van der Waals surface area (Å²) in [7, 11) is 1.65. The quantitative estimate of drug-likeness (QED) is 0.378.